The van der Waals surface area contributed by atoms with Crippen molar-refractivity contribution in [3.63, 3.8) is 0 Å². The van der Waals surface area contributed by atoms with Gasteiger partial charge in [0.05, 0.1) is 23.4 Å². The summed E-state index contributed by atoms with van der Waals surface area (Å²) in [6, 6.07) is 66.7. The van der Waals surface area contributed by atoms with Crippen LogP contribution in [0.4, 0.5) is 5.69 Å². The lowest BCUT2D eigenvalue weighted by atomic mass is 9.70. The van der Waals surface area contributed by atoms with Crippen molar-refractivity contribution in [2.24, 2.45) is 0 Å². The molecular formula is C52H31N3. The van der Waals surface area contributed by atoms with Gasteiger partial charge in [-0.25, -0.2) is 14.8 Å². The molecule has 0 saturated carbocycles. The molecule has 0 unspecified atom stereocenters. The fourth-order valence-corrected chi connectivity index (χ4v) is 9.12. The molecule has 0 N–H and O–H groups in total. The Morgan fingerprint density at radius 1 is 0.382 bits per heavy atom. The predicted octanol–water partition coefficient (Wildman–Crippen LogP) is 13.2. The van der Waals surface area contributed by atoms with E-state index < -0.39 is 5.41 Å². The van der Waals surface area contributed by atoms with Crippen molar-refractivity contribution in [3.05, 3.63) is 222 Å². The molecule has 9 aromatic rings. The Balaban J connectivity index is 1.07. The molecular weight excluding hydrogens is 667 g/mol. The minimum absolute atomic E-state index is 0.470. The maximum absolute atomic E-state index is 7.94. The molecule has 0 radical (unpaired) electrons. The lowest BCUT2D eigenvalue weighted by Gasteiger charge is -2.30. The van der Waals surface area contributed by atoms with Crippen LogP contribution in [0, 0.1) is 6.57 Å². The van der Waals surface area contributed by atoms with Crippen LogP contribution in [-0.2, 0) is 5.41 Å². The summed E-state index contributed by atoms with van der Waals surface area (Å²) in [4.78, 5) is 14.1. The molecule has 1 spiro atoms. The molecule has 0 fully saturated rings. The van der Waals surface area contributed by atoms with Crippen LogP contribution in [0.2, 0.25) is 0 Å². The van der Waals surface area contributed by atoms with Crippen LogP contribution in [0.5, 0.6) is 0 Å². The van der Waals surface area contributed by atoms with Gasteiger partial charge in [-0.15, -0.1) is 0 Å². The largest absolute Gasteiger partial charge is 0.238 e. The molecule has 2 aliphatic rings. The standard InChI is InChI=1S/C52H31N3/c1-53-39-28-29-46-43(31-39)50-40(18-11-21-47(50)52(46)44-19-9-7-16-41(44)42-17-8-10-20-45(42)52)34-23-25-36(26-24-34)49-32-48(35-13-3-2-4-14-35)54-51(55-49)38-27-22-33-12-5-6-15-37(33)30-38/h2-32H. The first kappa shape index (κ1) is 31.1. The van der Waals surface area contributed by atoms with E-state index in [-0.39, 0.29) is 0 Å². The second-order valence-corrected chi connectivity index (χ2v) is 14.4. The van der Waals surface area contributed by atoms with Crippen molar-refractivity contribution in [1.29, 1.82) is 0 Å². The Morgan fingerprint density at radius 2 is 0.945 bits per heavy atom. The summed E-state index contributed by atoms with van der Waals surface area (Å²) in [6.07, 6.45) is 0. The topological polar surface area (TPSA) is 30.1 Å². The molecule has 0 atom stereocenters. The van der Waals surface area contributed by atoms with E-state index in [1.807, 2.05) is 24.3 Å². The van der Waals surface area contributed by atoms with Gasteiger partial charge in [-0.2, -0.15) is 0 Å². The van der Waals surface area contributed by atoms with E-state index in [9.17, 15) is 0 Å². The van der Waals surface area contributed by atoms with Crippen molar-refractivity contribution in [2.45, 2.75) is 5.41 Å². The number of aromatic nitrogens is 2. The fraction of sp³-hybridized carbons (Fsp3) is 0.0192. The van der Waals surface area contributed by atoms with Crippen molar-refractivity contribution in [3.8, 4) is 67.3 Å². The number of fused-ring (bicyclic) bond motifs is 11. The minimum atomic E-state index is -0.470. The van der Waals surface area contributed by atoms with Crippen LogP contribution in [0.1, 0.15) is 22.3 Å². The monoisotopic (exact) mass is 697 g/mol. The van der Waals surface area contributed by atoms with E-state index in [0.29, 0.717) is 11.5 Å². The quantitative estimate of drug-likeness (QED) is 0.171. The average Bonchev–Trinajstić information content (AvgIpc) is 3.73. The zero-order chi connectivity index (χ0) is 36.5. The second-order valence-electron chi connectivity index (χ2n) is 14.4. The van der Waals surface area contributed by atoms with E-state index in [2.05, 4.69) is 169 Å². The summed E-state index contributed by atoms with van der Waals surface area (Å²) in [5.41, 5.74) is 17.1. The van der Waals surface area contributed by atoms with Crippen LogP contribution in [-0.4, -0.2) is 9.97 Å². The Hall–Kier alpha value is -7.41. The molecule has 3 nitrogen and oxygen atoms in total. The van der Waals surface area contributed by atoms with Crippen molar-refractivity contribution in [2.75, 3.05) is 0 Å². The molecule has 8 aromatic carbocycles. The normalized spacial score (nSPS) is 12.9. The van der Waals surface area contributed by atoms with Gasteiger partial charge in [-0.1, -0.05) is 170 Å². The van der Waals surface area contributed by atoms with Gasteiger partial charge in [-0.3, -0.25) is 0 Å². The Morgan fingerprint density at radius 3 is 1.67 bits per heavy atom. The van der Waals surface area contributed by atoms with Crippen LogP contribution in [0.3, 0.4) is 0 Å². The molecule has 1 aromatic heterocycles. The van der Waals surface area contributed by atoms with Gasteiger partial charge in [0.1, 0.15) is 0 Å². The highest BCUT2D eigenvalue weighted by Crippen LogP contribution is 2.64. The minimum Gasteiger partial charge on any atom is -0.238 e. The molecule has 0 bridgehead atoms. The van der Waals surface area contributed by atoms with E-state index in [0.717, 1.165) is 50.2 Å². The summed E-state index contributed by atoms with van der Waals surface area (Å²) >= 11 is 0. The molecule has 3 heteroatoms. The SMILES string of the molecule is [C-]#[N+]c1ccc2c(c1)-c1c(-c3ccc(-c4cc(-c5ccccc5)nc(-c5ccc6ccccc6c5)n4)cc3)cccc1C21c2ccccc2-c2ccccc21. The smallest absolute Gasteiger partial charge is 0.187 e. The van der Waals surface area contributed by atoms with E-state index in [1.165, 1.54) is 44.3 Å². The molecule has 2 aliphatic carbocycles. The Labute approximate surface area is 319 Å². The Kier molecular flexibility index (Phi) is 6.83. The molecule has 11 rings (SSSR count). The van der Waals surface area contributed by atoms with Crippen LogP contribution < -0.4 is 0 Å². The summed E-state index contributed by atoms with van der Waals surface area (Å²) < 4.78 is 0. The zero-order valence-electron chi connectivity index (χ0n) is 29.7. The predicted molar refractivity (Wildman–Crippen MR) is 224 cm³/mol. The van der Waals surface area contributed by atoms with Crippen molar-refractivity contribution in [1.82, 2.24) is 9.97 Å². The Bertz CT molecular complexity index is 3000. The van der Waals surface area contributed by atoms with Gasteiger partial charge in [-0.05, 0) is 84.6 Å². The lowest BCUT2D eigenvalue weighted by Crippen LogP contribution is -2.25. The summed E-state index contributed by atoms with van der Waals surface area (Å²) in [6.45, 7) is 7.94. The summed E-state index contributed by atoms with van der Waals surface area (Å²) in [7, 11) is 0. The molecule has 0 aliphatic heterocycles. The summed E-state index contributed by atoms with van der Waals surface area (Å²) in [5, 5.41) is 2.35. The second kappa shape index (κ2) is 12.1. The van der Waals surface area contributed by atoms with Crippen LogP contribution in [0.25, 0.3) is 82.9 Å². The molecule has 55 heavy (non-hydrogen) atoms. The molecule has 0 saturated heterocycles. The van der Waals surface area contributed by atoms with Gasteiger partial charge >= 0.3 is 0 Å². The van der Waals surface area contributed by atoms with E-state index in [1.54, 1.807) is 0 Å². The van der Waals surface area contributed by atoms with Crippen molar-refractivity contribution >= 4 is 16.5 Å². The molecule has 254 valence electrons. The van der Waals surface area contributed by atoms with Gasteiger partial charge in [0, 0.05) is 16.7 Å². The highest BCUT2D eigenvalue weighted by atomic mass is 14.9. The fourth-order valence-electron chi connectivity index (χ4n) is 9.12. The van der Waals surface area contributed by atoms with Gasteiger partial charge in [0.15, 0.2) is 11.5 Å². The van der Waals surface area contributed by atoms with E-state index >= 15 is 0 Å². The van der Waals surface area contributed by atoms with Crippen LogP contribution in [0.15, 0.2) is 188 Å². The van der Waals surface area contributed by atoms with E-state index in [4.69, 9.17) is 16.5 Å². The maximum atomic E-state index is 7.94. The number of benzene rings is 8. The molecule has 1 heterocycles. The number of nitrogens with zero attached hydrogens (tertiary/aromatic N) is 3. The van der Waals surface area contributed by atoms with Gasteiger partial charge in [0.2, 0.25) is 0 Å². The van der Waals surface area contributed by atoms with Gasteiger partial charge < -0.3 is 0 Å². The first-order chi connectivity index (χ1) is 27.2. The van der Waals surface area contributed by atoms with Gasteiger partial charge in [0.25, 0.3) is 0 Å². The van der Waals surface area contributed by atoms with Crippen LogP contribution >= 0.6 is 0 Å². The zero-order valence-corrected chi connectivity index (χ0v) is 29.7. The number of hydrogen-bond acceptors (Lipinski definition) is 2. The summed E-state index contributed by atoms with van der Waals surface area (Å²) in [5.74, 6) is 0.696. The number of hydrogen-bond donors (Lipinski definition) is 0. The first-order valence-electron chi connectivity index (χ1n) is 18.6. The highest BCUT2D eigenvalue weighted by molar-refractivity contribution is 6.00. The first-order valence-corrected chi connectivity index (χ1v) is 18.6. The third-order valence-electron chi connectivity index (χ3n) is 11.5. The third-order valence-corrected chi connectivity index (χ3v) is 11.5. The lowest BCUT2D eigenvalue weighted by molar-refractivity contribution is 0.794. The average molecular weight is 698 g/mol. The maximum Gasteiger partial charge on any atom is 0.187 e. The molecule has 0 amide bonds. The number of rotatable bonds is 4. The third kappa shape index (κ3) is 4.62. The highest BCUT2D eigenvalue weighted by Gasteiger charge is 2.52. The van der Waals surface area contributed by atoms with Crippen molar-refractivity contribution < 1.29 is 0 Å².